The van der Waals surface area contributed by atoms with Crippen molar-refractivity contribution >= 4 is 23.7 Å². The van der Waals surface area contributed by atoms with Crippen molar-refractivity contribution in [3.63, 3.8) is 0 Å². The van der Waals surface area contributed by atoms with Crippen LogP contribution in [-0.4, -0.2) is 82.3 Å². The largest absolute Gasteiger partial charge is 0.480 e. The summed E-state index contributed by atoms with van der Waals surface area (Å²) in [7, 11) is 0. The summed E-state index contributed by atoms with van der Waals surface area (Å²) in [6.07, 6.45) is 5.67. The first kappa shape index (κ1) is 20.6. The lowest BCUT2D eigenvalue weighted by Gasteiger charge is -2.35. The molecular weight excluding hydrogens is 362 g/mol. The number of piperidine rings is 1. The van der Waals surface area contributed by atoms with Gasteiger partial charge in [0.25, 0.3) is 0 Å². The van der Waals surface area contributed by atoms with E-state index in [1.807, 2.05) is 9.80 Å². The number of aliphatic carboxylic acids is 1. The molecule has 2 saturated heterocycles. The number of hydrogen-bond donors (Lipinski definition) is 1. The summed E-state index contributed by atoms with van der Waals surface area (Å²) >= 11 is 0. The van der Waals surface area contributed by atoms with E-state index in [1.165, 1.54) is 11.8 Å². The lowest BCUT2D eigenvalue weighted by molar-refractivity contribution is -0.145. The molecule has 2 aliphatic heterocycles. The molecule has 0 bridgehead atoms. The number of hydrogen-bond acceptors (Lipinski definition) is 4. The highest BCUT2D eigenvalue weighted by Crippen LogP contribution is 2.33. The first-order valence-corrected chi connectivity index (χ1v) is 10.4. The van der Waals surface area contributed by atoms with Crippen molar-refractivity contribution in [2.75, 3.05) is 32.7 Å². The summed E-state index contributed by atoms with van der Waals surface area (Å²) in [6.45, 7) is 3.52. The van der Waals surface area contributed by atoms with Crippen LogP contribution in [0.4, 0.5) is 0 Å². The standard InChI is InChI=1S/C20H31N3O5/c1-14(24)23(13-18(25)26)17-5-3-9-21(11-8-17)20(28)16-4-2-10-22(12-16)19(27)15-6-7-15/h15-17H,2-13H2,1H3,(H,25,26). The second-order valence-electron chi connectivity index (χ2n) is 8.35. The van der Waals surface area contributed by atoms with Gasteiger partial charge in [0.1, 0.15) is 6.54 Å². The van der Waals surface area contributed by atoms with Gasteiger partial charge in [-0.2, -0.15) is 0 Å². The highest BCUT2D eigenvalue weighted by atomic mass is 16.4. The average Bonchev–Trinajstić information content (AvgIpc) is 3.51. The van der Waals surface area contributed by atoms with Crippen LogP contribution in [0.5, 0.6) is 0 Å². The molecule has 28 heavy (non-hydrogen) atoms. The number of rotatable bonds is 5. The Hall–Kier alpha value is -2.12. The predicted molar refractivity (Wildman–Crippen MR) is 101 cm³/mol. The summed E-state index contributed by atoms with van der Waals surface area (Å²) in [4.78, 5) is 53.5. The average molecular weight is 393 g/mol. The quantitative estimate of drug-likeness (QED) is 0.750. The van der Waals surface area contributed by atoms with Gasteiger partial charge in [-0.15, -0.1) is 0 Å². The molecule has 8 nitrogen and oxygen atoms in total. The van der Waals surface area contributed by atoms with Crippen LogP contribution in [-0.2, 0) is 19.2 Å². The summed E-state index contributed by atoms with van der Waals surface area (Å²) in [5.41, 5.74) is 0. The van der Waals surface area contributed by atoms with Gasteiger partial charge in [-0.1, -0.05) is 0 Å². The Morgan fingerprint density at radius 1 is 0.857 bits per heavy atom. The molecule has 1 N–H and O–H groups in total. The Morgan fingerprint density at radius 2 is 1.50 bits per heavy atom. The molecular formula is C20H31N3O5. The zero-order valence-corrected chi connectivity index (χ0v) is 16.6. The van der Waals surface area contributed by atoms with Crippen LogP contribution in [0.1, 0.15) is 51.9 Å². The lowest BCUT2D eigenvalue weighted by atomic mass is 9.96. The normalized spacial score (nSPS) is 25.8. The van der Waals surface area contributed by atoms with E-state index in [0.29, 0.717) is 32.5 Å². The molecule has 0 aromatic heterocycles. The number of likely N-dealkylation sites (tertiary alicyclic amines) is 2. The molecule has 156 valence electrons. The number of carbonyl (C=O) groups is 4. The molecule has 1 saturated carbocycles. The summed E-state index contributed by atoms with van der Waals surface area (Å²) in [6, 6.07) is -0.148. The Balaban J connectivity index is 1.56. The van der Waals surface area contributed by atoms with Gasteiger partial charge in [0.05, 0.1) is 5.92 Å². The second-order valence-corrected chi connectivity index (χ2v) is 8.35. The molecule has 8 heteroatoms. The van der Waals surface area contributed by atoms with E-state index in [9.17, 15) is 19.2 Å². The first-order valence-electron chi connectivity index (χ1n) is 10.4. The lowest BCUT2D eigenvalue weighted by Crippen LogP contribution is -2.47. The Bertz CT molecular complexity index is 633. The van der Waals surface area contributed by atoms with Crippen LogP contribution in [0.2, 0.25) is 0 Å². The van der Waals surface area contributed by atoms with Gasteiger partial charge in [0, 0.05) is 45.1 Å². The van der Waals surface area contributed by atoms with Gasteiger partial charge in [0.2, 0.25) is 17.7 Å². The van der Waals surface area contributed by atoms with E-state index in [1.54, 1.807) is 0 Å². The summed E-state index contributed by atoms with van der Waals surface area (Å²) < 4.78 is 0. The molecule has 3 fully saturated rings. The van der Waals surface area contributed by atoms with Gasteiger partial charge in [0.15, 0.2) is 0 Å². The van der Waals surface area contributed by atoms with Gasteiger partial charge in [-0.3, -0.25) is 19.2 Å². The number of carboxylic acid groups (broad SMARTS) is 1. The smallest absolute Gasteiger partial charge is 0.323 e. The molecule has 2 heterocycles. The summed E-state index contributed by atoms with van der Waals surface area (Å²) in [5.74, 6) is -0.917. The third-order valence-corrected chi connectivity index (χ3v) is 6.17. The molecule has 1 aliphatic carbocycles. The fraction of sp³-hybridized carbons (Fsp3) is 0.800. The van der Waals surface area contributed by atoms with Crippen LogP contribution in [0, 0.1) is 11.8 Å². The van der Waals surface area contributed by atoms with E-state index in [2.05, 4.69) is 0 Å². The van der Waals surface area contributed by atoms with Crippen molar-refractivity contribution < 1.29 is 24.3 Å². The van der Waals surface area contributed by atoms with Crippen LogP contribution >= 0.6 is 0 Å². The maximum atomic E-state index is 13.1. The minimum absolute atomic E-state index is 0.0987. The van der Waals surface area contributed by atoms with Crippen molar-refractivity contribution in [3.8, 4) is 0 Å². The molecule has 3 rings (SSSR count). The minimum atomic E-state index is -1.02. The van der Waals surface area contributed by atoms with E-state index in [4.69, 9.17) is 5.11 Å². The topological polar surface area (TPSA) is 98.2 Å². The van der Waals surface area contributed by atoms with E-state index < -0.39 is 5.97 Å². The molecule has 0 radical (unpaired) electrons. The third kappa shape index (κ3) is 5.02. The highest BCUT2D eigenvalue weighted by Gasteiger charge is 2.38. The molecule has 3 amide bonds. The highest BCUT2D eigenvalue weighted by molar-refractivity contribution is 5.83. The third-order valence-electron chi connectivity index (χ3n) is 6.17. The first-order chi connectivity index (χ1) is 13.4. The van der Waals surface area contributed by atoms with E-state index in [0.717, 1.165) is 38.6 Å². The van der Waals surface area contributed by atoms with Crippen LogP contribution < -0.4 is 0 Å². The van der Waals surface area contributed by atoms with Crippen molar-refractivity contribution in [1.82, 2.24) is 14.7 Å². The predicted octanol–water partition coefficient (Wildman–Crippen LogP) is 0.949. The van der Waals surface area contributed by atoms with Gasteiger partial charge in [-0.25, -0.2) is 0 Å². The van der Waals surface area contributed by atoms with Crippen molar-refractivity contribution in [2.45, 2.75) is 57.9 Å². The minimum Gasteiger partial charge on any atom is -0.480 e. The van der Waals surface area contributed by atoms with E-state index >= 15 is 0 Å². The van der Waals surface area contributed by atoms with Crippen molar-refractivity contribution in [1.29, 1.82) is 0 Å². The van der Waals surface area contributed by atoms with E-state index in [-0.39, 0.29) is 42.1 Å². The molecule has 0 aromatic carbocycles. The number of carbonyl (C=O) groups excluding carboxylic acids is 3. The Kier molecular flexibility index (Phi) is 6.57. The fourth-order valence-corrected chi connectivity index (χ4v) is 4.48. The maximum absolute atomic E-state index is 13.1. The molecule has 2 unspecified atom stereocenters. The van der Waals surface area contributed by atoms with Crippen molar-refractivity contribution in [3.05, 3.63) is 0 Å². The number of carboxylic acids is 1. The molecule has 0 aromatic rings. The fourth-order valence-electron chi connectivity index (χ4n) is 4.48. The van der Waals surface area contributed by atoms with Crippen LogP contribution in [0.15, 0.2) is 0 Å². The zero-order valence-electron chi connectivity index (χ0n) is 16.6. The van der Waals surface area contributed by atoms with Crippen molar-refractivity contribution in [2.24, 2.45) is 11.8 Å². The number of amides is 3. The number of nitrogens with zero attached hydrogens (tertiary/aromatic N) is 3. The van der Waals surface area contributed by atoms with Gasteiger partial charge >= 0.3 is 5.97 Å². The maximum Gasteiger partial charge on any atom is 0.323 e. The second kappa shape index (κ2) is 8.92. The molecule has 3 aliphatic rings. The van der Waals surface area contributed by atoms with Gasteiger partial charge in [-0.05, 0) is 44.9 Å². The van der Waals surface area contributed by atoms with Crippen LogP contribution in [0.3, 0.4) is 0 Å². The Morgan fingerprint density at radius 3 is 2.14 bits per heavy atom. The monoisotopic (exact) mass is 393 g/mol. The zero-order chi connectivity index (χ0) is 20.3. The Labute approximate surface area is 165 Å². The SMILES string of the molecule is CC(=O)N(CC(=O)O)C1CCCN(C(=O)C2CCCN(C(=O)C3CC3)C2)CC1. The van der Waals surface area contributed by atoms with Crippen LogP contribution in [0.25, 0.3) is 0 Å². The summed E-state index contributed by atoms with van der Waals surface area (Å²) in [5, 5.41) is 9.07. The molecule has 0 spiro atoms. The van der Waals surface area contributed by atoms with Gasteiger partial charge < -0.3 is 19.8 Å². The molecule has 2 atom stereocenters.